The number of nitrogens with zero attached hydrogens (tertiary/aromatic N) is 1. The van der Waals surface area contributed by atoms with Gasteiger partial charge in [0.2, 0.25) is 0 Å². The van der Waals surface area contributed by atoms with Crippen LogP contribution < -0.4 is 15.3 Å². The molecule has 0 spiro atoms. The van der Waals surface area contributed by atoms with E-state index < -0.39 is 15.1 Å². The van der Waals surface area contributed by atoms with Crippen molar-refractivity contribution < 1.29 is 14.0 Å². The molecule has 0 aromatic heterocycles. The summed E-state index contributed by atoms with van der Waals surface area (Å²) in [7, 11) is -1.62. The number of amides is 1. The summed E-state index contributed by atoms with van der Waals surface area (Å²) in [6, 6.07) is 47.0. The van der Waals surface area contributed by atoms with Crippen molar-refractivity contribution in [3.8, 4) is 0 Å². The molecule has 5 aromatic carbocycles. The van der Waals surface area contributed by atoms with Gasteiger partial charge in [0.25, 0.3) is 0 Å². The average Bonchev–Trinajstić information content (AvgIpc) is 3.09. The Bertz CT molecular complexity index is 1700. The Kier molecular flexibility index (Phi) is 9.51. The molecule has 0 bridgehead atoms. The summed E-state index contributed by atoms with van der Waals surface area (Å²) in [5, 5.41) is 2.38. The van der Waals surface area contributed by atoms with E-state index in [2.05, 4.69) is 87.5 Å². The lowest BCUT2D eigenvalue weighted by molar-refractivity contribution is 0.157. The first-order valence-corrected chi connectivity index (χ1v) is 17.4. The van der Waals surface area contributed by atoms with Gasteiger partial charge in [0.1, 0.15) is 5.76 Å². The molecule has 0 fully saturated rings. The normalized spacial score (nSPS) is 12.9. The molecular weight excluding hydrogens is 583 g/mol. The van der Waals surface area contributed by atoms with Crippen LogP contribution in [-0.2, 0) is 21.0 Å². The lowest BCUT2D eigenvalue weighted by Gasteiger charge is -2.32. The molecule has 0 saturated carbocycles. The highest BCUT2D eigenvalue weighted by molar-refractivity contribution is 6.80. The zero-order chi connectivity index (χ0) is 31.9. The van der Waals surface area contributed by atoms with Crippen molar-refractivity contribution >= 4 is 42.6 Å². The fourth-order valence-electron chi connectivity index (χ4n) is 6.12. The van der Waals surface area contributed by atoms with Crippen LogP contribution in [0.1, 0.15) is 50.3 Å². The fourth-order valence-corrected chi connectivity index (χ4v) is 8.14. The van der Waals surface area contributed by atoms with E-state index in [1.54, 1.807) is 4.90 Å². The third-order valence-corrected chi connectivity index (χ3v) is 10.5. The van der Waals surface area contributed by atoms with Crippen molar-refractivity contribution in [1.29, 1.82) is 0 Å². The number of anilines is 2. The number of ether oxygens (including phenoxy) is 1. The van der Waals surface area contributed by atoms with Crippen molar-refractivity contribution in [2.45, 2.75) is 45.4 Å². The van der Waals surface area contributed by atoms with Crippen molar-refractivity contribution in [3.05, 3.63) is 162 Å². The van der Waals surface area contributed by atoms with Crippen molar-refractivity contribution in [2.24, 2.45) is 0 Å². The summed E-state index contributed by atoms with van der Waals surface area (Å²) in [6.45, 7) is 7.08. The summed E-state index contributed by atoms with van der Waals surface area (Å²) >= 11 is 0. The van der Waals surface area contributed by atoms with Crippen LogP contribution in [0.4, 0.5) is 16.2 Å². The standard InChI is InChI=1S/C41H40NO3Si/c1-41(2,3)38-26-16-25-37-36(38)28-27-31(39(37)45-46(34-21-12-6-13-22-34)35-23-14-7-15-24-35)29-30-44-40(43)42(32-17-8-4-9-18-32)33-19-10-5-11-20-33/h4-26H,27-30H2,1-3H3. The second-order valence-corrected chi connectivity index (χ2v) is 14.6. The number of hydrogen-bond acceptors (Lipinski definition) is 3. The first-order chi connectivity index (χ1) is 22.4. The van der Waals surface area contributed by atoms with Gasteiger partial charge in [0, 0.05) is 12.0 Å². The monoisotopic (exact) mass is 622 g/mol. The fraction of sp³-hybridized carbons (Fsp3) is 0.195. The Morgan fingerprint density at radius 3 is 1.72 bits per heavy atom. The van der Waals surface area contributed by atoms with Crippen LogP contribution in [0.15, 0.2) is 145 Å². The van der Waals surface area contributed by atoms with Crippen LogP contribution in [-0.4, -0.2) is 21.7 Å². The summed E-state index contributed by atoms with van der Waals surface area (Å²) in [6.07, 6.45) is 1.98. The second-order valence-electron chi connectivity index (χ2n) is 12.5. The minimum atomic E-state index is -1.62. The van der Waals surface area contributed by atoms with E-state index in [0.717, 1.165) is 35.5 Å². The van der Waals surface area contributed by atoms with Crippen LogP contribution in [0.2, 0.25) is 0 Å². The number of carbonyl (C=O) groups is 1. The molecule has 6 rings (SSSR count). The minimum Gasteiger partial charge on any atom is -0.532 e. The largest absolute Gasteiger partial charge is 0.532 e. The smallest absolute Gasteiger partial charge is 0.418 e. The van der Waals surface area contributed by atoms with Gasteiger partial charge in [-0.05, 0) is 69.6 Å². The zero-order valence-corrected chi connectivity index (χ0v) is 27.8. The van der Waals surface area contributed by atoms with E-state index in [4.69, 9.17) is 9.16 Å². The number of benzene rings is 5. The van der Waals surface area contributed by atoms with Gasteiger partial charge in [-0.2, -0.15) is 0 Å². The van der Waals surface area contributed by atoms with Gasteiger partial charge in [-0.3, -0.25) is 0 Å². The van der Waals surface area contributed by atoms with Gasteiger partial charge < -0.3 is 9.16 Å². The number of carbonyl (C=O) groups excluding carboxylic acids is 1. The highest BCUT2D eigenvalue weighted by Gasteiger charge is 2.31. The maximum absolute atomic E-state index is 13.6. The lowest BCUT2D eigenvalue weighted by Crippen LogP contribution is -2.44. The first-order valence-electron chi connectivity index (χ1n) is 16.0. The summed E-state index contributed by atoms with van der Waals surface area (Å²) in [4.78, 5) is 15.3. The molecule has 5 aromatic rings. The van der Waals surface area contributed by atoms with E-state index in [1.165, 1.54) is 27.1 Å². The zero-order valence-electron chi connectivity index (χ0n) is 26.8. The van der Waals surface area contributed by atoms with Gasteiger partial charge >= 0.3 is 15.1 Å². The average molecular weight is 623 g/mol. The van der Waals surface area contributed by atoms with E-state index >= 15 is 0 Å². The minimum absolute atomic E-state index is 0.00840. The van der Waals surface area contributed by atoms with E-state index in [0.29, 0.717) is 6.42 Å². The summed E-state index contributed by atoms with van der Waals surface area (Å²) in [5.41, 5.74) is 6.59. The van der Waals surface area contributed by atoms with Crippen molar-refractivity contribution in [2.75, 3.05) is 11.5 Å². The van der Waals surface area contributed by atoms with Gasteiger partial charge in [0.05, 0.1) is 18.0 Å². The number of hydrogen-bond donors (Lipinski definition) is 0. The quantitative estimate of drug-likeness (QED) is 0.154. The maximum Gasteiger partial charge on any atom is 0.418 e. The summed E-state index contributed by atoms with van der Waals surface area (Å²) in [5.74, 6) is 0.938. The predicted molar refractivity (Wildman–Crippen MR) is 190 cm³/mol. The molecule has 46 heavy (non-hydrogen) atoms. The Balaban J connectivity index is 1.34. The molecule has 0 heterocycles. The molecule has 1 aliphatic rings. The second kappa shape index (κ2) is 14.0. The third-order valence-electron chi connectivity index (χ3n) is 8.34. The highest BCUT2D eigenvalue weighted by atomic mass is 28.3. The van der Waals surface area contributed by atoms with E-state index in [1.807, 2.05) is 72.8 Å². The maximum atomic E-state index is 13.6. The van der Waals surface area contributed by atoms with Gasteiger partial charge in [-0.25, -0.2) is 9.69 Å². The Labute approximate surface area is 274 Å². The topological polar surface area (TPSA) is 38.8 Å². The Morgan fingerprint density at radius 2 is 1.20 bits per heavy atom. The molecule has 1 aliphatic carbocycles. The summed E-state index contributed by atoms with van der Waals surface area (Å²) < 4.78 is 13.3. The molecule has 0 saturated heterocycles. The van der Waals surface area contributed by atoms with Gasteiger partial charge in [-0.15, -0.1) is 0 Å². The van der Waals surface area contributed by atoms with Crippen molar-refractivity contribution in [3.63, 3.8) is 0 Å². The molecule has 5 heteroatoms. The molecule has 0 unspecified atom stereocenters. The Morgan fingerprint density at radius 1 is 0.674 bits per heavy atom. The van der Waals surface area contributed by atoms with E-state index in [-0.39, 0.29) is 12.0 Å². The first kappa shape index (κ1) is 31.1. The van der Waals surface area contributed by atoms with Crippen LogP contribution in [0.3, 0.4) is 0 Å². The van der Waals surface area contributed by atoms with Crippen LogP contribution in [0, 0.1) is 0 Å². The van der Waals surface area contributed by atoms with Gasteiger partial charge in [0.15, 0.2) is 0 Å². The number of fused-ring (bicyclic) bond motifs is 1. The molecule has 0 N–H and O–H groups in total. The molecule has 0 atom stereocenters. The SMILES string of the molecule is CC(C)(C)c1cccc2c1CCC(CCOC(=O)N(c1ccccc1)c1ccccc1)=C2O[Si](c1ccccc1)c1ccccc1. The molecule has 0 aliphatic heterocycles. The lowest BCUT2D eigenvalue weighted by atomic mass is 9.77. The van der Waals surface area contributed by atoms with Gasteiger partial charge in [-0.1, -0.05) is 136 Å². The third kappa shape index (κ3) is 7.00. The molecule has 1 radical (unpaired) electrons. The highest BCUT2D eigenvalue weighted by Crippen LogP contribution is 2.39. The molecular formula is C41H40NO3Si. The van der Waals surface area contributed by atoms with Crippen LogP contribution in [0.5, 0.6) is 0 Å². The van der Waals surface area contributed by atoms with Crippen molar-refractivity contribution in [1.82, 2.24) is 0 Å². The predicted octanol–water partition coefficient (Wildman–Crippen LogP) is 8.83. The van der Waals surface area contributed by atoms with E-state index in [9.17, 15) is 4.79 Å². The Hall–Kier alpha value is -4.87. The number of para-hydroxylation sites is 2. The van der Waals surface area contributed by atoms with Crippen LogP contribution in [0.25, 0.3) is 5.76 Å². The molecule has 231 valence electrons. The molecule has 1 amide bonds. The number of rotatable bonds is 9. The molecule has 4 nitrogen and oxygen atoms in total. The van der Waals surface area contributed by atoms with Crippen LogP contribution >= 0.6 is 0 Å².